The second-order valence-electron chi connectivity index (χ2n) is 0.105. The fourth-order valence-corrected chi connectivity index (χ4v) is 0. The van der Waals surface area contributed by atoms with E-state index in [9.17, 15) is 0 Å². The third kappa shape index (κ3) is 13.9. The smallest absolute Gasteiger partial charge is 0.173 e. The van der Waals surface area contributed by atoms with Gasteiger partial charge < -0.3 is 0 Å². The van der Waals surface area contributed by atoms with Gasteiger partial charge in [0, 0.05) is 23.9 Å². The Hall–Kier alpha value is 0.819. The molecule has 0 fully saturated rings. The molecule has 0 saturated carbocycles. The summed E-state index contributed by atoms with van der Waals surface area (Å²) in [6.07, 6.45) is 0. The molecule has 0 amide bonds. The van der Waals surface area contributed by atoms with E-state index in [1.165, 1.54) is 0 Å². The van der Waals surface area contributed by atoms with Gasteiger partial charge >= 0.3 is 0 Å². The fraction of sp³-hybridized carbons (Fsp3) is 0. The van der Waals surface area contributed by atoms with Gasteiger partial charge in [0.05, 0.1) is 0 Å². The molecule has 0 aromatic rings. The Bertz CT molecular complexity index is 15.5. The Kier molecular flexibility index (Phi) is 20.3. The summed E-state index contributed by atoms with van der Waals surface area (Å²) in [7, 11) is 0. The van der Waals surface area contributed by atoms with Crippen LogP contribution < -0.4 is 0 Å². The molecule has 0 atom stereocenters. The molecular formula is CH2OSSn. The number of carbonyl (C=O) groups is 1. The molecule has 0 spiro atoms. The van der Waals surface area contributed by atoms with Crippen molar-refractivity contribution in [3.05, 3.63) is 0 Å². The van der Waals surface area contributed by atoms with Crippen LogP contribution in [0.15, 0.2) is 0 Å². The molecule has 4 radical (unpaired) electrons. The average Bonchev–Trinajstić information content (AvgIpc) is 0.918. The maximum absolute atomic E-state index is 8.67. The molecule has 4 heavy (non-hydrogen) atoms. The number of rotatable bonds is 0. The van der Waals surface area contributed by atoms with Crippen molar-refractivity contribution in [2.45, 2.75) is 0 Å². The van der Waals surface area contributed by atoms with E-state index in [4.69, 9.17) is 4.79 Å². The van der Waals surface area contributed by atoms with Crippen molar-refractivity contribution in [1.29, 1.82) is 0 Å². The normalized spacial score (nSPS) is 3.25. The second kappa shape index (κ2) is 9.17. The molecule has 22 valence electrons. The average molecular weight is 181 g/mol. The molecule has 0 bridgehead atoms. The summed E-state index contributed by atoms with van der Waals surface area (Å²) in [6, 6.07) is 0. The molecule has 0 aromatic heterocycles. The first-order chi connectivity index (χ1) is 1.41. The summed E-state index contributed by atoms with van der Waals surface area (Å²) in [4.78, 5) is 8.67. The fourth-order valence-electron chi connectivity index (χ4n) is 0. The minimum atomic E-state index is 0. The topological polar surface area (TPSA) is 17.1 Å². The van der Waals surface area contributed by atoms with Crippen molar-refractivity contribution in [2.24, 2.45) is 0 Å². The Morgan fingerprint density at radius 1 is 1.75 bits per heavy atom. The second-order valence-corrected chi connectivity index (χ2v) is 0.316. The molecule has 0 aliphatic heterocycles. The van der Waals surface area contributed by atoms with Gasteiger partial charge in [-0.25, -0.2) is 0 Å². The van der Waals surface area contributed by atoms with Gasteiger partial charge in [0.1, 0.15) is 0 Å². The van der Waals surface area contributed by atoms with Gasteiger partial charge in [-0.05, 0) is 0 Å². The van der Waals surface area contributed by atoms with Crippen molar-refractivity contribution in [3.8, 4) is 0 Å². The Morgan fingerprint density at radius 2 is 1.75 bits per heavy atom. The van der Waals surface area contributed by atoms with E-state index in [2.05, 4.69) is 12.6 Å². The van der Waals surface area contributed by atoms with Crippen LogP contribution >= 0.6 is 12.6 Å². The minimum absolute atomic E-state index is 0. The van der Waals surface area contributed by atoms with Crippen LogP contribution in [0.5, 0.6) is 0 Å². The van der Waals surface area contributed by atoms with Crippen LogP contribution in [-0.4, -0.2) is 29.5 Å². The van der Waals surface area contributed by atoms with Crippen LogP contribution in [0.1, 0.15) is 0 Å². The third-order valence-corrected chi connectivity index (χ3v) is 0. The van der Waals surface area contributed by atoms with Gasteiger partial charge in [-0.2, -0.15) is 0 Å². The van der Waals surface area contributed by atoms with Crippen LogP contribution in [0.2, 0.25) is 0 Å². The van der Waals surface area contributed by atoms with E-state index in [1.54, 1.807) is 0 Å². The largest absolute Gasteiger partial charge is 0.291 e. The maximum atomic E-state index is 8.67. The number of hydrogen-bond donors (Lipinski definition) is 1. The van der Waals surface area contributed by atoms with Crippen LogP contribution in [0.3, 0.4) is 0 Å². The summed E-state index contributed by atoms with van der Waals surface area (Å²) in [5.74, 6) is 0. The van der Waals surface area contributed by atoms with E-state index in [-0.39, 0.29) is 23.9 Å². The number of hydrogen-bond acceptors (Lipinski definition) is 1. The van der Waals surface area contributed by atoms with Gasteiger partial charge in [0.25, 0.3) is 0 Å². The van der Waals surface area contributed by atoms with Crippen molar-refractivity contribution >= 4 is 42.2 Å². The number of thiol groups is 1. The molecular weight excluding hydrogens is 179 g/mol. The van der Waals surface area contributed by atoms with Gasteiger partial charge in [-0.3, -0.25) is 4.79 Å². The number of carbonyl (C=O) groups excluding carboxylic acids is 1. The van der Waals surface area contributed by atoms with Crippen molar-refractivity contribution in [2.75, 3.05) is 0 Å². The zero-order valence-corrected chi connectivity index (χ0v) is 5.68. The van der Waals surface area contributed by atoms with E-state index < -0.39 is 0 Å². The van der Waals surface area contributed by atoms with E-state index in [0.717, 1.165) is 0 Å². The maximum Gasteiger partial charge on any atom is 0.173 e. The van der Waals surface area contributed by atoms with Crippen molar-refractivity contribution in [3.63, 3.8) is 0 Å². The molecule has 0 unspecified atom stereocenters. The summed E-state index contributed by atoms with van der Waals surface area (Å²) in [5.41, 5.74) is 0.444. The van der Waals surface area contributed by atoms with E-state index in [0.29, 0.717) is 5.62 Å². The van der Waals surface area contributed by atoms with Gasteiger partial charge in [0.2, 0.25) is 0 Å². The van der Waals surface area contributed by atoms with Gasteiger partial charge in [0.15, 0.2) is 5.62 Å². The van der Waals surface area contributed by atoms with Crippen molar-refractivity contribution < 1.29 is 4.79 Å². The SMILES string of the molecule is O=CS.[Sn]. The van der Waals surface area contributed by atoms with Gasteiger partial charge in [-0.15, -0.1) is 12.6 Å². The van der Waals surface area contributed by atoms with Crippen LogP contribution in [0.25, 0.3) is 0 Å². The third-order valence-electron chi connectivity index (χ3n) is 0. The quantitative estimate of drug-likeness (QED) is 0.309. The van der Waals surface area contributed by atoms with E-state index >= 15 is 0 Å². The first kappa shape index (κ1) is 8.84. The van der Waals surface area contributed by atoms with Crippen LogP contribution in [0, 0.1) is 0 Å². The summed E-state index contributed by atoms with van der Waals surface area (Å²) >= 11 is 3.11. The summed E-state index contributed by atoms with van der Waals surface area (Å²) < 4.78 is 0. The minimum Gasteiger partial charge on any atom is -0.291 e. The monoisotopic (exact) mass is 182 g/mol. The zero-order valence-electron chi connectivity index (χ0n) is 1.93. The molecule has 3 heteroatoms. The standard InChI is InChI=1S/CH2OS.Sn/c2-1-3;/h1H,(H,2,3);. The predicted molar refractivity (Wildman–Crippen MR) is 21.5 cm³/mol. The molecule has 0 aliphatic carbocycles. The van der Waals surface area contributed by atoms with Crippen LogP contribution in [-0.2, 0) is 4.79 Å². The van der Waals surface area contributed by atoms with Crippen molar-refractivity contribution in [1.82, 2.24) is 0 Å². The zero-order chi connectivity index (χ0) is 2.71. The molecule has 0 saturated heterocycles. The Morgan fingerprint density at radius 3 is 1.75 bits per heavy atom. The molecule has 0 heterocycles. The molecule has 1 nitrogen and oxygen atoms in total. The molecule has 0 aliphatic rings. The van der Waals surface area contributed by atoms with E-state index in [1.807, 2.05) is 0 Å². The summed E-state index contributed by atoms with van der Waals surface area (Å²) in [6.45, 7) is 0. The predicted octanol–water partition coefficient (Wildman–Crippen LogP) is -0.274. The summed E-state index contributed by atoms with van der Waals surface area (Å²) in [5, 5.41) is 0. The Balaban J connectivity index is 0. The molecule has 0 aromatic carbocycles. The first-order valence-corrected chi connectivity index (χ1v) is 1.01. The first-order valence-electron chi connectivity index (χ1n) is 0.494. The van der Waals surface area contributed by atoms with Crippen LogP contribution in [0.4, 0.5) is 0 Å². The molecule has 0 rings (SSSR count). The molecule has 0 N–H and O–H groups in total. The Labute approximate surface area is 47.1 Å². The van der Waals surface area contributed by atoms with Gasteiger partial charge in [-0.1, -0.05) is 0 Å².